The van der Waals surface area contributed by atoms with Gasteiger partial charge in [0.25, 0.3) is 5.91 Å². The standard InChI is InChI=1S/C15H21FN2O6S/c1-22-12-7-10(8-13(23-2)14(12)24-3)15(19)17-11-5-4-6-18(9-11)25(16,20)21/h7-8,11H,4-6,9H2,1-3H3,(H,17,19). The zero-order chi connectivity index (χ0) is 18.6. The molecular weight excluding hydrogens is 355 g/mol. The number of amides is 1. The molecule has 1 saturated heterocycles. The minimum absolute atomic E-state index is 0.102. The number of rotatable bonds is 6. The first-order valence-corrected chi connectivity index (χ1v) is 8.94. The van der Waals surface area contributed by atoms with Crippen LogP contribution in [-0.4, -0.2) is 59.1 Å². The van der Waals surface area contributed by atoms with Gasteiger partial charge in [-0.15, -0.1) is 0 Å². The van der Waals surface area contributed by atoms with Crippen molar-refractivity contribution < 1.29 is 31.3 Å². The number of halogens is 1. The summed E-state index contributed by atoms with van der Waals surface area (Å²) in [6.07, 6.45) is 1.02. The van der Waals surface area contributed by atoms with Crippen LogP contribution in [0.1, 0.15) is 23.2 Å². The van der Waals surface area contributed by atoms with Crippen molar-refractivity contribution in [3.05, 3.63) is 17.7 Å². The van der Waals surface area contributed by atoms with Crippen molar-refractivity contribution in [2.45, 2.75) is 18.9 Å². The predicted molar refractivity (Wildman–Crippen MR) is 88.2 cm³/mol. The second-order valence-electron chi connectivity index (χ2n) is 5.53. The highest BCUT2D eigenvalue weighted by atomic mass is 32.3. The number of carbonyl (C=O) groups excluding carboxylic acids is 1. The summed E-state index contributed by atoms with van der Waals surface area (Å²) in [6.45, 7) is 0.00435. The maximum atomic E-state index is 13.1. The van der Waals surface area contributed by atoms with Crippen molar-refractivity contribution in [2.75, 3.05) is 34.4 Å². The Balaban J connectivity index is 2.18. The molecule has 1 aromatic rings. The van der Waals surface area contributed by atoms with Crippen molar-refractivity contribution in [1.82, 2.24) is 9.62 Å². The van der Waals surface area contributed by atoms with E-state index in [1.807, 2.05) is 0 Å². The maximum absolute atomic E-state index is 13.1. The molecule has 140 valence electrons. The molecule has 0 saturated carbocycles. The molecule has 2 rings (SSSR count). The molecule has 1 fully saturated rings. The Bertz CT molecular complexity index is 715. The van der Waals surface area contributed by atoms with E-state index in [1.54, 1.807) is 0 Å². The molecule has 1 atom stereocenters. The van der Waals surface area contributed by atoms with E-state index >= 15 is 0 Å². The Kier molecular flexibility index (Phi) is 6.07. The molecule has 1 N–H and O–H groups in total. The third-order valence-corrected chi connectivity index (χ3v) is 4.90. The molecule has 1 aliphatic rings. The van der Waals surface area contributed by atoms with E-state index in [0.717, 1.165) is 4.31 Å². The molecule has 1 aliphatic heterocycles. The maximum Gasteiger partial charge on any atom is 0.374 e. The van der Waals surface area contributed by atoms with Gasteiger partial charge in [-0.2, -0.15) is 12.7 Å². The quantitative estimate of drug-likeness (QED) is 0.748. The molecule has 1 amide bonds. The molecule has 1 aromatic carbocycles. The van der Waals surface area contributed by atoms with E-state index in [-0.39, 0.29) is 18.7 Å². The van der Waals surface area contributed by atoms with Gasteiger partial charge in [-0.1, -0.05) is 3.89 Å². The van der Waals surface area contributed by atoms with Crippen LogP contribution in [-0.2, 0) is 10.4 Å². The number of methoxy groups -OCH3 is 3. The van der Waals surface area contributed by atoms with Gasteiger partial charge in [0.2, 0.25) is 5.75 Å². The molecule has 25 heavy (non-hydrogen) atoms. The second-order valence-corrected chi connectivity index (χ2v) is 6.87. The molecular formula is C15H21FN2O6S. The van der Waals surface area contributed by atoms with Crippen LogP contribution in [0.4, 0.5) is 3.89 Å². The highest BCUT2D eigenvalue weighted by molar-refractivity contribution is 7.83. The van der Waals surface area contributed by atoms with E-state index in [1.165, 1.54) is 33.5 Å². The zero-order valence-corrected chi connectivity index (χ0v) is 15.1. The first-order valence-electron chi connectivity index (χ1n) is 7.60. The first-order chi connectivity index (χ1) is 11.8. The van der Waals surface area contributed by atoms with E-state index in [0.29, 0.717) is 30.1 Å². The molecule has 8 nitrogen and oxygen atoms in total. The lowest BCUT2D eigenvalue weighted by atomic mass is 10.1. The van der Waals surface area contributed by atoms with E-state index in [9.17, 15) is 17.1 Å². The van der Waals surface area contributed by atoms with Crippen molar-refractivity contribution in [1.29, 1.82) is 0 Å². The van der Waals surface area contributed by atoms with Gasteiger partial charge in [0.05, 0.1) is 21.3 Å². The highest BCUT2D eigenvalue weighted by Gasteiger charge is 2.29. The van der Waals surface area contributed by atoms with Crippen molar-refractivity contribution in [3.63, 3.8) is 0 Å². The molecule has 1 unspecified atom stereocenters. The summed E-state index contributed by atoms with van der Waals surface area (Å²) in [6, 6.07) is 2.50. The Morgan fingerprint density at radius 1 is 1.20 bits per heavy atom. The van der Waals surface area contributed by atoms with Crippen LogP contribution in [0, 0.1) is 0 Å². The zero-order valence-electron chi connectivity index (χ0n) is 14.2. The molecule has 0 bridgehead atoms. The monoisotopic (exact) mass is 376 g/mol. The lowest BCUT2D eigenvalue weighted by Gasteiger charge is -2.29. The fourth-order valence-corrected chi connectivity index (χ4v) is 3.44. The number of piperidine rings is 1. The van der Waals surface area contributed by atoms with Crippen LogP contribution in [0.5, 0.6) is 17.2 Å². The number of nitrogens with one attached hydrogen (secondary N) is 1. The van der Waals surface area contributed by atoms with Crippen LogP contribution < -0.4 is 19.5 Å². The van der Waals surface area contributed by atoms with Gasteiger partial charge >= 0.3 is 10.4 Å². The number of hydrogen-bond donors (Lipinski definition) is 1. The molecule has 10 heteroatoms. The molecule has 0 spiro atoms. The van der Waals surface area contributed by atoms with E-state index < -0.39 is 22.4 Å². The first kappa shape index (κ1) is 19.3. The predicted octanol–water partition coefficient (Wildman–Crippen LogP) is 1.12. The number of hydrogen-bond acceptors (Lipinski definition) is 6. The number of ether oxygens (including phenoxy) is 3. The Morgan fingerprint density at radius 3 is 2.28 bits per heavy atom. The van der Waals surface area contributed by atoms with Gasteiger partial charge in [-0.3, -0.25) is 4.79 Å². The topological polar surface area (TPSA) is 94.2 Å². The van der Waals surface area contributed by atoms with Gasteiger partial charge in [0.1, 0.15) is 0 Å². The van der Waals surface area contributed by atoms with Gasteiger partial charge < -0.3 is 19.5 Å². The minimum atomic E-state index is -4.76. The average Bonchev–Trinajstić information content (AvgIpc) is 2.59. The summed E-state index contributed by atoms with van der Waals surface area (Å²) in [5.41, 5.74) is 0.259. The second kappa shape index (κ2) is 7.87. The molecule has 0 aromatic heterocycles. The number of nitrogens with zero attached hydrogens (tertiary/aromatic N) is 1. The Labute approximate surface area is 146 Å². The lowest BCUT2D eigenvalue weighted by Crippen LogP contribution is -2.48. The van der Waals surface area contributed by atoms with Gasteiger partial charge in [-0.05, 0) is 25.0 Å². The van der Waals surface area contributed by atoms with Gasteiger partial charge in [-0.25, -0.2) is 0 Å². The molecule has 0 radical (unpaired) electrons. The SMILES string of the molecule is COc1cc(C(=O)NC2CCCN(S(=O)(=O)F)C2)cc(OC)c1OC. The van der Waals surface area contributed by atoms with Crippen LogP contribution >= 0.6 is 0 Å². The third kappa shape index (κ3) is 4.51. The van der Waals surface area contributed by atoms with Crippen LogP contribution in [0.2, 0.25) is 0 Å². The summed E-state index contributed by atoms with van der Waals surface area (Å²) >= 11 is 0. The average molecular weight is 376 g/mol. The highest BCUT2D eigenvalue weighted by Crippen LogP contribution is 2.38. The van der Waals surface area contributed by atoms with Gasteiger partial charge in [0.15, 0.2) is 11.5 Å². The summed E-state index contributed by atoms with van der Waals surface area (Å²) in [5.74, 6) is 0.559. The molecule has 1 heterocycles. The number of carbonyl (C=O) groups is 1. The van der Waals surface area contributed by atoms with Crippen molar-refractivity contribution in [3.8, 4) is 17.2 Å². The van der Waals surface area contributed by atoms with Crippen LogP contribution in [0.25, 0.3) is 0 Å². The van der Waals surface area contributed by atoms with Crippen LogP contribution in [0.3, 0.4) is 0 Å². The fourth-order valence-electron chi connectivity index (χ4n) is 2.74. The summed E-state index contributed by atoms with van der Waals surface area (Å²) in [5, 5.41) is 2.71. The molecule has 0 aliphatic carbocycles. The third-order valence-electron chi connectivity index (χ3n) is 3.95. The van der Waals surface area contributed by atoms with Crippen molar-refractivity contribution in [2.24, 2.45) is 0 Å². The van der Waals surface area contributed by atoms with E-state index in [2.05, 4.69) is 5.32 Å². The smallest absolute Gasteiger partial charge is 0.374 e. The lowest BCUT2D eigenvalue weighted by molar-refractivity contribution is 0.0919. The minimum Gasteiger partial charge on any atom is -0.493 e. The summed E-state index contributed by atoms with van der Waals surface area (Å²) in [4.78, 5) is 12.5. The Hall–Kier alpha value is -2.07. The van der Waals surface area contributed by atoms with Gasteiger partial charge in [0, 0.05) is 24.7 Å². The number of benzene rings is 1. The van der Waals surface area contributed by atoms with E-state index in [4.69, 9.17) is 14.2 Å². The summed E-state index contributed by atoms with van der Waals surface area (Å²) < 4.78 is 51.5. The summed E-state index contributed by atoms with van der Waals surface area (Å²) in [7, 11) is -0.442. The van der Waals surface area contributed by atoms with Crippen molar-refractivity contribution >= 4 is 16.3 Å². The van der Waals surface area contributed by atoms with Crippen LogP contribution in [0.15, 0.2) is 12.1 Å². The Morgan fingerprint density at radius 2 is 1.80 bits per heavy atom. The normalized spacial score (nSPS) is 18.5. The largest absolute Gasteiger partial charge is 0.493 e. The fraction of sp³-hybridized carbons (Fsp3) is 0.533.